The lowest BCUT2D eigenvalue weighted by Gasteiger charge is -2.18. The Bertz CT molecular complexity index is 756. The minimum absolute atomic E-state index is 0.252. The van der Waals surface area contributed by atoms with E-state index in [1.807, 2.05) is 19.1 Å². The number of ether oxygens (including phenoxy) is 1. The van der Waals surface area contributed by atoms with Crippen molar-refractivity contribution >= 4 is 28.9 Å². The molecule has 2 N–H and O–H groups in total. The summed E-state index contributed by atoms with van der Waals surface area (Å²) in [7, 11) is 0. The van der Waals surface area contributed by atoms with Gasteiger partial charge in [0.2, 0.25) is 0 Å². The first kappa shape index (κ1) is 21.9. The van der Waals surface area contributed by atoms with Gasteiger partial charge in [-0.1, -0.05) is 32.9 Å². The zero-order valence-electron chi connectivity index (χ0n) is 16.8. The van der Waals surface area contributed by atoms with Gasteiger partial charge in [0.25, 0.3) is 5.91 Å². The quantitative estimate of drug-likeness (QED) is 0.611. The van der Waals surface area contributed by atoms with E-state index in [0.29, 0.717) is 12.2 Å². The van der Waals surface area contributed by atoms with Crippen LogP contribution in [0.15, 0.2) is 48.5 Å². The first-order chi connectivity index (χ1) is 13.5. The van der Waals surface area contributed by atoms with Gasteiger partial charge in [0, 0.05) is 17.8 Å². The van der Waals surface area contributed by atoms with Crippen LogP contribution in [0.4, 0.5) is 5.69 Å². The fourth-order valence-corrected chi connectivity index (χ4v) is 2.87. The number of carbonyl (C=O) groups excluding carboxylic acids is 1. The third-order valence-electron chi connectivity index (χ3n) is 4.33. The second-order valence-corrected chi connectivity index (χ2v) is 6.85. The number of rotatable bonds is 9. The molecule has 0 spiro atoms. The van der Waals surface area contributed by atoms with E-state index in [0.717, 1.165) is 37.5 Å². The average molecular weight is 400 g/mol. The Balaban J connectivity index is 1.86. The average Bonchev–Trinajstić information content (AvgIpc) is 2.72. The Labute approximate surface area is 173 Å². The van der Waals surface area contributed by atoms with E-state index in [1.54, 1.807) is 24.3 Å². The van der Waals surface area contributed by atoms with Gasteiger partial charge in [-0.05, 0) is 73.7 Å². The number of thiocarbonyl (C=S) groups is 1. The van der Waals surface area contributed by atoms with Crippen molar-refractivity contribution in [3.63, 3.8) is 0 Å². The molecule has 150 valence electrons. The molecule has 0 saturated carbocycles. The van der Waals surface area contributed by atoms with Gasteiger partial charge >= 0.3 is 0 Å². The van der Waals surface area contributed by atoms with Crippen molar-refractivity contribution in [2.24, 2.45) is 0 Å². The molecule has 0 aromatic heterocycles. The molecule has 0 aliphatic heterocycles. The van der Waals surface area contributed by atoms with Crippen LogP contribution in [0.1, 0.15) is 43.1 Å². The Morgan fingerprint density at radius 1 is 1.00 bits per heavy atom. The summed E-state index contributed by atoms with van der Waals surface area (Å²) in [6.07, 6.45) is 0.943. The molecule has 2 aromatic carbocycles. The van der Waals surface area contributed by atoms with Crippen molar-refractivity contribution in [1.82, 2.24) is 10.2 Å². The highest BCUT2D eigenvalue weighted by Gasteiger charge is 2.08. The molecule has 0 unspecified atom stereocenters. The minimum atomic E-state index is -0.252. The number of nitrogens with one attached hydrogen (secondary N) is 2. The maximum atomic E-state index is 12.3. The minimum Gasteiger partial charge on any atom is -0.494 e. The van der Waals surface area contributed by atoms with Crippen molar-refractivity contribution < 1.29 is 9.53 Å². The number of hydrogen-bond donors (Lipinski definition) is 2. The van der Waals surface area contributed by atoms with Crippen LogP contribution in [-0.2, 0) is 6.54 Å². The van der Waals surface area contributed by atoms with E-state index >= 15 is 0 Å². The van der Waals surface area contributed by atoms with Gasteiger partial charge in [0.15, 0.2) is 5.11 Å². The van der Waals surface area contributed by atoms with Gasteiger partial charge < -0.3 is 10.1 Å². The first-order valence-electron chi connectivity index (χ1n) is 9.72. The smallest absolute Gasteiger partial charge is 0.257 e. The van der Waals surface area contributed by atoms with Crippen molar-refractivity contribution in [1.29, 1.82) is 0 Å². The molecular weight excluding hydrogens is 370 g/mol. The van der Waals surface area contributed by atoms with E-state index in [2.05, 4.69) is 41.5 Å². The maximum Gasteiger partial charge on any atom is 0.257 e. The summed E-state index contributed by atoms with van der Waals surface area (Å²) in [5.74, 6) is 0.501. The third-order valence-corrected chi connectivity index (χ3v) is 4.53. The fourth-order valence-electron chi connectivity index (χ4n) is 2.66. The molecule has 6 heteroatoms. The molecule has 0 aliphatic rings. The second kappa shape index (κ2) is 11.4. The maximum absolute atomic E-state index is 12.3. The number of carbonyl (C=O) groups is 1. The van der Waals surface area contributed by atoms with Crippen molar-refractivity contribution in [2.45, 2.75) is 33.7 Å². The fraction of sp³-hybridized carbons (Fsp3) is 0.364. The molecule has 0 fully saturated rings. The van der Waals surface area contributed by atoms with Gasteiger partial charge in [-0.3, -0.25) is 15.0 Å². The number of nitrogens with zero attached hydrogens (tertiary/aromatic N) is 1. The normalized spacial score (nSPS) is 10.6. The predicted molar refractivity (Wildman–Crippen MR) is 119 cm³/mol. The van der Waals surface area contributed by atoms with Gasteiger partial charge in [-0.25, -0.2) is 0 Å². The summed E-state index contributed by atoms with van der Waals surface area (Å²) >= 11 is 5.26. The summed E-state index contributed by atoms with van der Waals surface area (Å²) < 4.78 is 5.52. The lowest BCUT2D eigenvalue weighted by molar-refractivity contribution is 0.0977. The Morgan fingerprint density at radius 2 is 1.64 bits per heavy atom. The monoisotopic (exact) mass is 399 g/mol. The first-order valence-corrected chi connectivity index (χ1v) is 10.1. The van der Waals surface area contributed by atoms with Crippen molar-refractivity contribution in [3.8, 4) is 5.75 Å². The molecule has 1 amide bonds. The van der Waals surface area contributed by atoms with Gasteiger partial charge in [0.05, 0.1) is 6.61 Å². The SMILES string of the molecule is CCCOc1ccc(C(=O)NC(=S)Nc2ccc(CN(CC)CC)cc2)cc1. The van der Waals surface area contributed by atoms with Crippen LogP contribution in [0.2, 0.25) is 0 Å². The Kier molecular flexibility index (Phi) is 8.91. The number of amides is 1. The summed E-state index contributed by atoms with van der Waals surface area (Å²) in [6, 6.07) is 15.1. The molecule has 0 bridgehead atoms. The lowest BCUT2D eigenvalue weighted by Crippen LogP contribution is -2.34. The molecule has 0 radical (unpaired) electrons. The van der Waals surface area contributed by atoms with Crippen molar-refractivity contribution in [3.05, 3.63) is 59.7 Å². The van der Waals surface area contributed by atoms with E-state index < -0.39 is 0 Å². The Hall–Kier alpha value is -2.44. The van der Waals surface area contributed by atoms with Crippen LogP contribution in [0.25, 0.3) is 0 Å². The van der Waals surface area contributed by atoms with E-state index in [4.69, 9.17) is 17.0 Å². The number of anilines is 1. The lowest BCUT2D eigenvalue weighted by atomic mass is 10.2. The highest BCUT2D eigenvalue weighted by atomic mass is 32.1. The van der Waals surface area contributed by atoms with Crippen molar-refractivity contribution in [2.75, 3.05) is 25.0 Å². The van der Waals surface area contributed by atoms with Gasteiger partial charge in [0.1, 0.15) is 5.75 Å². The zero-order chi connectivity index (χ0) is 20.4. The molecule has 2 aromatic rings. The molecule has 28 heavy (non-hydrogen) atoms. The van der Waals surface area contributed by atoms with E-state index in [9.17, 15) is 4.79 Å². The van der Waals surface area contributed by atoms with E-state index in [1.165, 1.54) is 5.56 Å². The highest BCUT2D eigenvalue weighted by Crippen LogP contribution is 2.13. The van der Waals surface area contributed by atoms with Crippen LogP contribution >= 0.6 is 12.2 Å². The van der Waals surface area contributed by atoms with Crippen LogP contribution in [0, 0.1) is 0 Å². The molecule has 0 saturated heterocycles. The summed E-state index contributed by atoms with van der Waals surface area (Å²) in [5.41, 5.74) is 2.62. The largest absolute Gasteiger partial charge is 0.494 e. The van der Waals surface area contributed by atoms with Crippen LogP contribution < -0.4 is 15.4 Å². The highest BCUT2D eigenvalue weighted by molar-refractivity contribution is 7.80. The van der Waals surface area contributed by atoms with Gasteiger partial charge in [-0.15, -0.1) is 0 Å². The number of hydrogen-bond acceptors (Lipinski definition) is 4. The number of benzene rings is 2. The van der Waals surface area contributed by atoms with E-state index in [-0.39, 0.29) is 11.0 Å². The standard InChI is InChI=1S/C22H29N3O2S/c1-4-15-27-20-13-9-18(10-14-20)21(26)24-22(28)23-19-11-7-17(8-12-19)16-25(5-2)6-3/h7-14H,4-6,15-16H2,1-3H3,(H2,23,24,26,28). The molecule has 5 nitrogen and oxygen atoms in total. The van der Waals surface area contributed by atoms with Crippen LogP contribution in [0.3, 0.4) is 0 Å². The Morgan fingerprint density at radius 3 is 2.21 bits per heavy atom. The molecule has 0 atom stereocenters. The molecule has 0 heterocycles. The molecule has 2 rings (SSSR count). The second-order valence-electron chi connectivity index (χ2n) is 6.44. The van der Waals surface area contributed by atoms with Crippen LogP contribution in [-0.4, -0.2) is 35.6 Å². The topological polar surface area (TPSA) is 53.6 Å². The van der Waals surface area contributed by atoms with Gasteiger partial charge in [-0.2, -0.15) is 0 Å². The molecular formula is C22H29N3O2S. The summed E-state index contributed by atoms with van der Waals surface area (Å²) in [4.78, 5) is 14.7. The summed E-state index contributed by atoms with van der Waals surface area (Å²) in [6.45, 7) is 10.0. The third kappa shape index (κ3) is 6.94. The van der Waals surface area contributed by atoms with Crippen LogP contribution in [0.5, 0.6) is 5.75 Å². The predicted octanol–water partition coefficient (Wildman–Crippen LogP) is 4.44. The summed E-state index contributed by atoms with van der Waals surface area (Å²) in [5, 5.41) is 6.03. The molecule has 0 aliphatic carbocycles. The zero-order valence-corrected chi connectivity index (χ0v) is 17.6.